The minimum absolute atomic E-state index is 0.105. The molecule has 0 saturated carbocycles. The second-order valence-corrected chi connectivity index (χ2v) is 4.48. The molecule has 1 aliphatic heterocycles. The van der Waals surface area contributed by atoms with Gasteiger partial charge in [0.05, 0.1) is 12.7 Å². The van der Waals surface area contributed by atoms with Crippen LogP contribution in [-0.2, 0) is 11.2 Å². The van der Waals surface area contributed by atoms with E-state index in [4.69, 9.17) is 4.74 Å². The predicted molar refractivity (Wildman–Crippen MR) is 70.1 cm³/mol. The van der Waals surface area contributed by atoms with Crippen LogP contribution in [0, 0.1) is 0 Å². The van der Waals surface area contributed by atoms with Gasteiger partial charge in [-0.3, -0.25) is 4.79 Å². The fourth-order valence-electron chi connectivity index (χ4n) is 1.99. The van der Waals surface area contributed by atoms with Gasteiger partial charge in [0.1, 0.15) is 11.6 Å². The quantitative estimate of drug-likeness (QED) is 0.774. The number of hydrogen-bond acceptors (Lipinski definition) is 5. The summed E-state index contributed by atoms with van der Waals surface area (Å²) in [6, 6.07) is 1.52. The molecule has 0 bridgehead atoms. The highest BCUT2D eigenvalue weighted by molar-refractivity contribution is 5.36. The first-order valence-corrected chi connectivity index (χ1v) is 6.32. The highest BCUT2D eigenvalue weighted by Crippen LogP contribution is 2.08. The van der Waals surface area contributed by atoms with Gasteiger partial charge < -0.3 is 19.9 Å². The lowest BCUT2D eigenvalue weighted by atomic mass is 10.3. The lowest BCUT2D eigenvalue weighted by Crippen LogP contribution is -2.44. The van der Waals surface area contributed by atoms with E-state index in [1.165, 1.54) is 6.07 Å². The number of likely N-dealkylation sites (N-methyl/N-ethyl adjacent to an activating group) is 1. The van der Waals surface area contributed by atoms with Gasteiger partial charge in [-0.15, -0.1) is 0 Å². The summed E-state index contributed by atoms with van der Waals surface area (Å²) >= 11 is 0. The molecule has 0 spiro atoms. The molecule has 1 atom stereocenters. The van der Waals surface area contributed by atoms with E-state index in [0.717, 1.165) is 32.7 Å². The number of ether oxygens (including phenoxy) is 1. The minimum atomic E-state index is -0.105. The van der Waals surface area contributed by atoms with Gasteiger partial charge in [-0.05, 0) is 0 Å². The third-order valence-electron chi connectivity index (χ3n) is 2.99. The summed E-state index contributed by atoms with van der Waals surface area (Å²) in [5.74, 6) is 1.41. The summed E-state index contributed by atoms with van der Waals surface area (Å²) in [6.07, 6.45) is 0.869. The van der Waals surface area contributed by atoms with E-state index in [0.29, 0.717) is 11.6 Å². The lowest BCUT2D eigenvalue weighted by molar-refractivity contribution is 0.0339. The van der Waals surface area contributed by atoms with Crippen molar-refractivity contribution in [2.75, 3.05) is 38.2 Å². The number of hydrogen-bond donors (Lipinski definition) is 2. The Kier molecular flexibility index (Phi) is 4.33. The van der Waals surface area contributed by atoms with Crippen LogP contribution in [0.25, 0.3) is 0 Å². The smallest absolute Gasteiger partial charge is 0.252 e. The van der Waals surface area contributed by atoms with Gasteiger partial charge in [0, 0.05) is 39.2 Å². The van der Waals surface area contributed by atoms with Crippen molar-refractivity contribution in [2.24, 2.45) is 0 Å². The van der Waals surface area contributed by atoms with E-state index in [-0.39, 0.29) is 11.7 Å². The number of nitrogens with one attached hydrogen (secondary N) is 2. The van der Waals surface area contributed by atoms with Crippen molar-refractivity contribution in [3.05, 3.63) is 22.2 Å². The molecule has 1 fully saturated rings. The average molecular weight is 252 g/mol. The van der Waals surface area contributed by atoms with Crippen molar-refractivity contribution >= 4 is 5.82 Å². The molecule has 0 radical (unpaired) electrons. The third kappa shape index (κ3) is 3.30. The van der Waals surface area contributed by atoms with E-state index in [9.17, 15) is 4.79 Å². The second-order valence-electron chi connectivity index (χ2n) is 4.48. The molecule has 1 aromatic rings. The van der Waals surface area contributed by atoms with Crippen LogP contribution in [0.15, 0.2) is 10.9 Å². The first-order valence-electron chi connectivity index (χ1n) is 6.32. The third-order valence-corrected chi connectivity index (χ3v) is 2.99. The molecule has 1 aliphatic rings. The highest BCUT2D eigenvalue weighted by Gasteiger charge is 2.16. The van der Waals surface area contributed by atoms with Crippen molar-refractivity contribution in [1.29, 1.82) is 0 Å². The van der Waals surface area contributed by atoms with E-state index in [1.54, 1.807) is 0 Å². The van der Waals surface area contributed by atoms with Gasteiger partial charge in [0.25, 0.3) is 5.56 Å². The van der Waals surface area contributed by atoms with Gasteiger partial charge in [-0.1, -0.05) is 6.92 Å². The first-order chi connectivity index (χ1) is 8.69. The molecular formula is C12H20N4O2. The molecule has 0 amide bonds. The zero-order chi connectivity index (χ0) is 13.0. The van der Waals surface area contributed by atoms with Crippen molar-refractivity contribution in [3.63, 3.8) is 0 Å². The normalized spacial score (nSPS) is 19.8. The zero-order valence-corrected chi connectivity index (χ0v) is 10.9. The Morgan fingerprint density at radius 3 is 3.11 bits per heavy atom. The van der Waals surface area contributed by atoms with Gasteiger partial charge in [-0.25, -0.2) is 4.98 Å². The van der Waals surface area contributed by atoms with Crippen LogP contribution >= 0.6 is 0 Å². The molecule has 1 aromatic heterocycles. The number of nitrogens with zero attached hydrogens (tertiary/aromatic N) is 2. The van der Waals surface area contributed by atoms with Crippen LogP contribution < -0.4 is 15.8 Å². The molecule has 18 heavy (non-hydrogen) atoms. The summed E-state index contributed by atoms with van der Waals surface area (Å²) in [7, 11) is 1.93. The number of morpholine rings is 1. The van der Waals surface area contributed by atoms with Crippen molar-refractivity contribution < 1.29 is 4.74 Å². The molecule has 1 unspecified atom stereocenters. The Morgan fingerprint density at radius 2 is 2.44 bits per heavy atom. The summed E-state index contributed by atoms with van der Waals surface area (Å²) < 4.78 is 5.64. The van der Waals surface area contributed by atoms with Crippen LogP contribution in [0.2, 0.25) is 0 Å². The van der Waals surface area contributed by atoms with Crippen LogP contribution in [0.3, 0.4) is 0 Å². The van der Waals surface area contributed by atoms with Crippen LogP contribution in [0.1, 0.15) is 12.7 Å². The van der Waals surface area contributed by atoms with Crippen LogP contribution in [0.5, 0.6) is 0 Å². The van der Waals surface area contributed by atoms with Crippen molar-refractivity contribution in [1.82, 2.24) is 15.3 Å². The molecule has 2 N–H and O–H groups in total. The fourth-order valence-corrected chi connectivity index (χ4v) is 1.99. The van der Waals surface area contributed by atoms with Gasteiger partial charge in [0.2, 0.25) is 0 Å². The maximum absolute atomic E-state index is 11.5. The van der Waals surface area contributed by atoms with Gasteiger partial charge >= 0.3 is 0 Å². The molecule has 100 valence electrons. The summed E-state index contributed by atoms with van der Waals surface area (Å²) in [4.78, 5) is 20.6. The Bertz CT molecular complexity index is 440. The fraction of sp³-hybridized carbons (Fsp3) is 0.667. The first kappa shape index (κ1) is 13.0. The molecule has 6 nitrogen and oxygen atoms in total. The topological polar surface area (TPSA) is 70.2 Å². The standard InChI is InChI=1S/C12H20N4O2/c1-3-10-14-11(6-12(17)15-10)16(2)8-9-7-13-4-5-18-9/h6,9,13H,3-5,7-8H2,1-2H3,(H,14,15,17). The Hall–Kier alpha value is -1.40. The van der Waals surface area contributed by atoms with Crippen molar-refractivity contribution in [2.45, 2.75) is 19.4 Å². The molecular weight excluding hydrogens is 232 g/mol. The van der Waals surface area contributed by atoms with E-state index in [1.807, 2.05) is 18.9 Å². The van der Waals surface area contributed by atoms with Crippen molar-refractivity contribution in [3.8, 4) is 0 Å². The predicted octanol–water partition coefficient (Wildman–Crippen LogP) is -0.243. The number of anilines is 1. The van der Waals surface area contributed by atoms with Crippen LogP contribution in [-0.4, -0.2) is 49.4 Å². The second kappa shape index (κ2) is 5.97. The van der Waals surface area contributed by atoms with E-state index < -0.39 is 0 Å². The maximum Gasteiger partial charge on any atom is 0.252 e. The van der Waals surface area contributed by atoms with Gasteiger partial charge in [-0.2, -0.15) is 0 Å². The summed E-state index contributed by atoms with van der Waals surface area (Å²) in [5, 5.41) is 3.29. The number of H-pyrrole nitrogens is 1. The Balaban J connectivity index is 2.05. The number of aromatic nitrogens is 2. The number of rotatable bonds is 4. The molecule has 0 aliphatic carbocycles. The Morgan fingerprint density at radius 1 is 1.61 bits per heavy atom. The average Bonchev–Trinajstić information content (AvgIpc) is 2.39. The number of aryl methyl sites for hydroxylation is 1. The monoisotopic (exact) mass is 252 g/mol. The van der Waals surface area contributed by atoms with E-state index >= 15 is 0 Å². The number of aromatic amines is 1. The minimum Gasteiger partial charge on any atom is -0.374 e. The molecule has 0 aromatic carbocycles. The Labute approximate surface area is 106 Å². The van der Waals surface area contributed by atoms with Gasteiger partial charge in [0.15, 0.2) is 0 Å². The molecule has 1 saturated heterocycles. The SMILES string of the molecule is CCc1nc(N(C)CC2CNCCO2)cc(=O)[nH]1. The molecule has 6 heteroatoms. The van der Waals surface area contributed by atoms with Crippen LogP contribution in [0.4, 0.5) is 5.82 Å². The zero-order valence-electron chi connectivity index (χ0n) is 10.9. The molecule has 2 heterocycles. The summed E-state index contributed by atoms with van der Waals surface area (Å²) in [6.45, 7) is 5.18. The van der Waals surface area contributed by atoms with E-state index in [2.05, 4.69) is 15.3 Å². The highest BCUT2D eigenvalue weighted by atomic mass is 16.5. The molecule has 2 rings (SSSR count). The lowest BCUT2D eigenvalue weighted by Gasteiger charge is -2.28. The largest absolute Gasteiger partial charge is 0.374 e. The summed E-state index contributed by atoms with van der Waals surface area (Å²) in [5.41, 5.74) is -0.105. The maximum atomic E-state index is 11.5.